The quantitative estimate of drug-likeness (QED) is 0.723. The van der Waals surface area contributed by atoms with Gasteiger partial charge < -0.3 is 10.5 Å². The molecule has 2 N–H and O–H groups in total. The van der Waals surface area contributed by atoms with Gasteiger partial charge in [-0.05, 0) is 63.3 Å². The van der Waals surface area contributed by atoms with E-state index in [1.165, 1.54) is 16.7 Å². The molecule has 2 nitrogen and oxygen atoms in total. The summed E-state index contributed by atoms with van der Waals surface area (Å²) >= 11 is 0. The summed E-state index contributed by atoms with van der Waals surface area (Å²) in [6.07, 6.45) is 3.33. The molecule has 2 aromatic carbocycles. The van der Waals surface area contributed by atoms with Gasteiger partial charge in [-0.3, -0.25) is 0 Å². The molecule has 0 radical (unpaired) electrons. The Morgan fingerprint density at radius 3 is 2.05 bits per heavy atom. The highest BCUT2D eigenvalue weighted by molar-refractivity contribution is 5.26. The molecule has 0 saturated carbocycles. The van der Waals surface area contributed by atoms with Gasteiger partial charge in [0.05, 0.1) is 6.61 Å². The molecular weight excluding hydrogens is 270 g/mol. The van der Waals surface area contributed by atoms with Gasteiger partial charge in [-0.1, -0.05) is 47.5 Å². The van der Waals surface area contributed by atoms with Crippen molar-refractivity contribution in [2.75, 3.05) is 13.2 Å². The van der Waals surface area contributed by atoms with Crippen molar-refractivity contribution in [3.8, 4) is 5.75 Å². The Bertz CT molecular complexity index is 545. The van der Waals surface area contributed by atoms with Crippen LogP contribution in [0.3, 0.4) is 0 Å². The highest BCUT2D eigenvalue weighted by atomic mass is 16.5. The highest BCUT2D eigenvalue weighted by Gasteiger charge is 2.09. The number of benzene rings is 2. The molecule has 0 amide bonds. The second-order valence-electron chi connectivity index (χ2n) is 6.00. The van der Waals surface area contributed by atoms with Crippen molar-refractivity contribution < 1.29 is 4.74 Å². The normalized spacial score (nSPS) is 12.1. The first-order valence-corrected chi connectivity index (χ1v) is 8.15. The van der Waals surface area contributed by atoms with Gasteiger partial charge in [0.15, 0.2) is 0 Å². The molecule has 0 aliphatic heterocycles. The molecule has 2 rings (SSSR count). The molecule has 0 aliphatic rings. The standard InChI is InChI=1S/C20H27NO/c1-16-6-10-18(11-7-16)19(15-21)5-3-4-14-22-20-12-8-17(2)9-13-20/h6-13,19H,3-5,14-15,21H2,1-2H3. The third kappa shape index (κ3) is 5.19. The highest BCUT2D eigenvalue weighted by Crippen LogP contribution is 2.21. The van der Waals surface area contributed by atoms with E-state index in [1.807, 2.05) is 12.1 Å². The second kappa shape index (κ2) is 8.60. The van der Waals surface area contributed by atoms with Crippen molar-refractivity contribution in [3.63, 3.8) is 0 Å². The zero-order valence-corrected chi connectivity index (χ0v) is 13.7. The zero-order valence-electron chi connectivity index (χ0n) is 13.7. The number of rotatable bonds is 8. The molecule has 0 bridgehead atoms. The summed E-state index contributed by atoms with van der Waals surface area (Å²) in [7, 11) is 0. The minimum atomic E-state index is 0.458. The lowest BCUT2D eigenvalue weighted by Gasteiger charge is -2.15. The maximum Gasteiger partial charge on any atom is 0.119 e. The van der Waals surface area contributed by atoms with E-state index in [2.05, 4.69) is 50.2 Å². The number of unbranched alkanes of at least 4 members (excludes halogenated alkanes) is 1. The van der Waals surface area contributed by atoms with Crippen molar-refractivity contribution in [3.05, 3.63) is 65.2 Å². The first kappa shape index (κ1) is 16.6. The van der Waals surface area contributed by atoms with Crippen LogP contribution in [0.2, 0.25) is 0 Å². The number of hydrogen-bond acceptors (Lipinski definition) is 2. The first-order chi connectivity index (χ1) is 10.7. The molecule has 118 valence electrons. The Morgan fingerprint density at radius 1 is 0.864 bits per heavy atom. The SMILES string of the molecule is Cc1ccc(OCCCCC(CN)c2ccc(C)cc2)cc1. The number of nitrogens with two attached hydrogens (primary N) is 1. The Labute approximate surface area is 134 Å². The largest absolute Gasteiger partial charge is 0.494 e. The van der Waals surface area contributed by atoms with Crippen LogP contribution in [0.25, 0.3) is 0 Å². The predicted molar refractivity (Wildman–Crippen MR) is 93.5 cm³/mol. The van der Waals surface area contributed by atoms with Crippen LogP contribution in [0.5, 0.6) is 5.75 Å². The van der Waals surface area contributed by atoms with E-state index in [0.29, 0.717) is 12.5 Å². The summed E-state index contributed by atoms with van der Waals surface area (Å²) in [4.78, 5) is 0. The fourth-order valence-electron chi connectivity index (χ4n) is 2.58. The second-order valence-corrected chi connectivity index (χ2v) is 6.00. The molecular formula is C20H27NO. The molecule has 0 aromatic heterocycles. The molecule has 2 aromatic rings. The molecule has 0 aliphatic carbocycles. The molecule has 0 heterocycles. The Morgan fingerprint density at radius 2 is 1.45 bits per heavy atom. The van der Waals surface area contributed by atoms with E-state index in [4.69, 9.17) is 10.5 Å². The monoisotopic (exact) mass is 297 g/mol. The van der Waals surface area contributed by atoms with E-state index in [-0.39, 0.29) is 0 Å². The van der Waals surface area contributed by atoms with Gasteiger partial charge in [-0.15, -0.1) is 0 Å². The molecule has 0 fully saturated rings. The van der Waals surface area contributed by atoms with Gasteiger partial charge in [0.2, 0.25) is 0 Å². The van der Waals surface area contributed by atoms with E-state index in [9.17, 15) is 0 Å². The van der Waals surface area contributed by atoms with Gasteiger partial charge in [-0.2, -0.15) is 0 Å². The Balaban J connectivity index is 1.70. The molecule has 22 heavy (non-hydrogen) atoms. The smallest absolute Gasteiger partial charge is 0.119 e. The van der Waals surface area contributed by atoms with E-state index in [0.717, 1.165) is 31.6 Å². The van der Waals surface area contributed by atoms with E-state index < -0.39 is 0 Å². The fraction of sp³-hybridized carbons (Fsp3) is 0.400. The summed E-state index contributed by atoms with van der Waals surface area (Å²) in [5, 5.41) is 0. The van der Waals surface area contributed by atoms with Crippen LogP contribution in [0.15, 0.2) is 48.5 Å². The summed E-state index contributed by atoms with van der Waals surface area (Å²) in [6, 6.07) is 17.0. The van der Waals surface area contributed by atoms with Crippen molar-refractivity contribution in [2.24, 2.45) is 5.73 Å². The third-order valence-electron chi connectivity index (χ3n) is 4.07. The number of aryl methyl sites for hydroxylation is 2. The van der Waals surface area contributed by atoms with Crippen molar-refractivity contribution in [1.82, 2.24) is 0 Å². The van der Waals surface area contributed by atoms with Crippen LogP contribution in [-0.4, -0.2) is 13.2 Å². The lowest BCUT2D eigenvalue weighted by Crippen LogP contribution is -2.13. The van der Waals surface area contributed by atoms with Crippen LogP contribution >= 0.6 is 0 Å². The van der Waals surface area contributed by atoms with Crippen LogP contribution < -0.4 is 10.5 Å². The van der Waals surface area contributed by atoms with Crippen molar-refractivity contribution >= 4 is 0 Å². The Kier molecular flexibility index (Phi) is 6.47. The molecule has 0 saturated heterocycles. The average molecular weight is 297 g/mol. The van der Waals surface area contributed by atoms with Crippen LogP contribution in [0, 0.1) is 13.8 Å². The van der Waals surface area contributed by atoms with Gasteiger partial charge in [0, 0.05) is 0 Å². The number of ether oxygens (including phenoxy) is 1. The first-order valence-electron chi connectivity index (χ1n) is 8.15. The lowest BCUT2D eigenvalue weighted by molar-refractivity contribution is 0.303. The van der Waals surface area contributed by atoms with E-state index >= 15 is 0 Å². The Hall–Kier alpha value is -1.80. The van der Waals surface area contributed by atoms with Gasteiger partial charge >= 0.3 is 0 Å². The van der Waals surface area contributed by atoms with E-state index in [1.54, 1.807) is 0 Å². The minimum absolute atomic E-state index is 0.458. The molecule has 1 atom stereocenters. The lowest BCUT2D eigenvalue weighted by atomic mass is 9.93. The van der Waals surface area contributed by atoms with Gasteiger partial charge in [0.1, 0.15) is 5.75 Å². The topological polar surface area (TPSA) is 35.2 Å². The zero-order chi connectivity index (χ0) is 15.8. The average Bonchev–Trinajstić information content (AvgIpc) is 2.54. The molecule has 0 spiro atoms. The summed E-state index contributed by atoms with van der Waals surface area (Å²) < 4.78 is 5.77. The summed E-state index contributed by atoms with van der Waals surface area (Å²) in [5.74, 6) is 1.42. The minimum Gasteiger partial charge on any atom is -0.494 e. The van der Waals surface area contributed by atoms with Crippen LogP contribution in [-0.2, 0) is 0 Å². The third-order valence-corrected chi connectivity index (χ3v) is 4.07. The van der Waals surface area contributed by atoms with Crippen LogP contribution in [0.1, 0.15) is 41.9 Å². The maximum absolute atomic E-state index is 5.93. The molecule has 1 unspecified atom stereocenters. The maximum atomic E-state index is 5.93. The predicted octanol–water partition coefficient (Wildman–Crippen LogP) is 4.60. The summed E-state index contributed by atoms with van der Waals surface area (Å²) in [6.45, 7) is 5.68. The fourth-order valence-corrected chi connectivity index (χ4v) is 2.58. The van der Waals surface area contributed by atoms with Crippen LogP contribution in [0.4, 0.5) is 0 Å². The molecule has 2 heteroatoms. The number of hydrogen-bond donors (Lipinski definition) is 1. The van der Waals surface area contributed by atoms with Gasteiger partial charge in [-0.25, -0.2) is 0 Å². The summed E-state index contributed by atoms with van der Waals surface area (Å²) in [5.41, 5.74) is 9.84. The van der Waals surface area contributed by atoms with Crippen molar-refractivity contribution in [1.29, 1.82) is 0 Å². The van der Waals surface area contributed by atoms with Crippen molar-refractivity contribution in [2.45, 2.75) is 39.0 Å². The van der Waals surface area contributed by atoms with Gasteiger partial charge in [0.25, 0.3) is 0 Å².